The van der Waals surface area contributed by atoms with E-state index in [4.69, 9.17) is 5.26 Å². The van der Waals surface area contributed by atoms with Crippen LogP contribution in [0.4, 0.5) is 4.39 Å². The zero-order valence-electron chi connectivity index (χ0n) is 11.9. The maximum Gasteiger partial charge on any atom is 0.147 e. The molecule has 0 aliphatic carbocycles. The van der Waals surface area contributed by atoms with Crippen molar-refractivity contribution < 1.29 is 9.50 Å². The van der Waals surface area contributed by atoms with Crippen molar-refractivity contribution in [1.29, 1.82) is 5.26 Å². The smallest absolute Gasteiger partial charge is 0.147 e. The summed E-state index contributed by atoms with van der Waals surface area (Å²) in [6.07, 6.45) is 1.73. The number of halogens is 1. The Bertz CT molecular complexity index is 897. The van der Waals surface area contributed by atoms with Crippen molar-refractivity contribution in [3.63, 3.8) is 0 Å². The third kappa shape index (κ3) is 2.43. The number of pyridine rings is 1. The van der Waals surface area contributed by atoms with Crippen LogP contribution in [0.2, 0.25) is 0 Å². The number of benzene rings is 2. The Kier molecular flexibility index (Phi) is 3.58. The van der Waals surface area contributed by atoms with Gasteiger partial charge in [-0.25, -0.2) is 4.39 Å². The Labute approximate surface area is 127 Å². The van der Waals surface area contributed by atoms with Gasteiger partial charge in [-0.05, 0) is 41.5 Å². The molecule has 0 fully saturated rings. The second kappa shape index (κ2) is 5.55. The summed E-state index contributed by atoms with van der Waals surface area (Å²) < 4.78 is 13.9. The van der Waals surface area contributed by atoms with Gasteiger partial charge in [-0.3, -0.25) is 4.98 Å². The predicted octanol–water partition coefficient (Wildman–Crippen LogP) is 3.97. The molecule has 0 amide bonds. The van der Waals surface area contributed by atoms with Crippen molar-refractivity contribution in [2.24, 2.45) is 0 Å². The van der Waals surface area contributed by atoms with Crippen LogP contribution in [0.15, 0.2) is 48.8 Å². The van der Waals surface area contributed by atoms with Gasteiger partial charge in [-0.2, -0.15) is 5.26 Å². The molecular weight excluding hydrogens is 279 g/mol. The molecule has 1 N–H and O–H groups in total. The van der Waals surface area contributed by atoms with E-state index >= 15 is 0 Å². The predicted molar refractivity (Wildman–Crippen MR) is 82.5 cm³/mol. The van der Waals surface area contributed by atoms with E-state index in [0.29, 0.717) is 11.1 Å². The topological polar surface area (TPSA) is 56.9 Å². The second-order valence-electron chi connectivity index (χ2n) is 5.15. The van der Waals surface area contributed by atoms with Crippen LogP contribution in [0.3, 0.4) is 0 Å². The van der Waals surface area contributed by atoms with E-state index in [1.807, 2.05) is 24.3 Å². The van der Waals surface area contributed by atoms with E-state index in [-0.39, 0.29) is 5.56 Å². The third-order valence-electron chi connectivity index (χ3n) is 3.64. The first kappa shape index (κ1) is 14.2. The van der Waals surface area contributed by atoms with Crippen LogP contribution in [0, 0.1) is 17.1 Å². The lowest BCUT2D eigenvalue weighted by atomic mass is 9.96. The summed E-state index contributed by atoms with van der Waals surface area (Å²) in [5, 5.41) is 20.6. The lowest BCUT2D eigenvalue weighted by Gasteiger charge is -2.13. The van der Waals surface area contributed by atoms with Gasteiger partial charge in [0.2, 0.25) is 0 Å². The Hall–Kier alpha value is -2.77. The van der Waals surface area contributed by atoms with Crippen LogP contribution < -0.4 is 0 Å². The molecule has 0 bridgehead atoms. The molecule has 3 nitrogen and oxygen atoms in total. The standard InChI is InChI=1S/C18H13FN2O/c1-11(22)18-16(9-21-10-17(18)19)15-5-4-13-6-12(8-20)2-3-14(13)7-15/h2-7,9-11,22H,1H3/t11-/m0/s1. The van der Waals surface area contributed by atoms with E-state index in [9.17, 15) is 9.50 Å². The van der Waals surface area contributed by atoms with Gasteiger partial charge in [0.1, 0.15) is 5.82 Å². The highest BCUT2D eigenvalue weighted by atomic mass is 19.1. The Balaban J connectivity index is 2.20. The van der Waals surface area contributed by atoms with Gasteiger partial charge in [0, 0.05) is 17.3 Å². The summed E-state index contributed by atoms with van der Waals surface area (Å²) in [6.45, 7) is 1.53. The van der Waals surface area contributed by atoms with Gasteiger partial charge in [-0.15, -0.1) is 0 Å². The quantitative estimate of drug-likeness (QED) is 0.777. The van der Waals surface area contributed by atoms with Gasteiger partial charge in [-0.1, -0.05) is 18.2 Å². The average Bonchev–Trinajstić information content (AvgIpc) is 2.53. The minimum absolute atomic E-state index is 0.239. The summed E-state index contributed by atoms with van der Waals surface area (Å²) in [4.78, 5) is 3.88. The maximum absolute atomic E-state index is 13.9. The average molecular weight is 292 g/mol. The van der Waals surface area contributed by atoms with Gasteiger partial charge in [0.25, 0.3) is 0 Å². The minimum atomic E-state index is -0.922. The molecule has 108 valence electrons. The molecule has 0 aliphatic rings. The maximum atomic E-state index is 13.9. The van der Waals surface area contributed by atoms with Crippen LogP contribution in [0.5, 0.6) is 0 Å². The van der Waals surface area contributed by atoms with Crippen molar-refractivity contribution >= 4 is 10.8 Å². The van der Waals surface area contributed by atoms with Crippen molar-refractivity contribution in [2.75, 3.05) is 0 Å². The van der Waals surface area contributed by atoms with Crippen LogP contribution in [0.25, 0.3) is 21.9 Å². The van der Waals surface area contributed by atoms with Crippen LogP contribution >= 0.6 is 0 Å². The van der Waals surface area contributed by atoms with Crippen LogP contribution in [0.1, 0.15) is 24.2 Å². The molecule has 1 heterocycles. The normalized spacial score (nSPS) is 12.1. The molecule has 1 aromatic heterocycles. The molecule has 1 atom stereocenters. The van der Waals surface area contributed by atoms with E-state index in [1.165, 1.54) is 6.92 Å². The van der Waals surface area contributed by atoms with Crippen LogP contribution in [-0.2, 0) is 0 Å². The van der Waals surface area contributed by atoms with Gasteiger partial charge in [0.15, 0.2) is 0 Å². The zero-order chi connectivity index (χ0) is 15.7. The summed E-state index contributed by atoms with van der Waals surface area (Å²) in [7, 11) is 0. The van der Waals surface area contributed by atoms with E-state index in [0.717, 1.165) is 22.5 Å². The molecular formula is C18H13FN2O. The fraction of sp³-hybridized carbons (Fsp3) is 0.111. The van der Waals surface area contributed by atoms with E-state index in [1.54, 1.807) is 18.3 Å². The first-order chi connectivity index (χ1) is 10.6. The van der Waals surface area contributed by atoms with Crippen LogP contribution in [-0.4, -0.2) is 10.1 Å². The number of hydrogen-bond donors (Lipinski definition) is 1. The lowest BCUT2D eigenvalue weighted by molar-refractivity contribution is 0.194. The number of aromatic nitrogens is 1. The van der Waals surface area contributed by atoms with Crippen molar-refractivity contribution in [3.05, 3.63) is 65.7 Å². The first-order valence-corrected chi connectivity index (χ1v) is 6.86. The van der Waals surface area contributed by atoms with E-state index < -0.39 is 11.9 Å². The molecule has 22 heavy (non-hydrogen) atoms. The number of rotatable bonds is 2. The minimum Gasteiger partial charge on any atom is -0.389 e. The number of hydrogen-bond acceptors (Lipinski definition) is 3. The SMILES string of the molecule is C[C@H](O)c1c(F)cncc1-c1ccc2cc(C#N)ccc2c1. The summed E-state index contributed by atoms with van der Waals surface area (Å²) >= 11 is 0. The zero-order valence-corrected chi connectivity index (χ0v) is 11.9. The third-order valence-corrected chi connectivity index (χ3v) is 3.64. The Morgan fingerprint density at radius 3 is 2.59 bits per heavy atom. The highest BCUT2D eigenvalue weighted by molar-refractivity contribution is 5.88. The molecule has 0 aliphatic heterocycles. The highest BCUT2D eigenvalue weighted by Gasteiger charge is 2.15. The van der Waals surface area contributed by atoms with Gasteiger partial charge < -0.3 is 5.11 Å². The molecule has 0 saturated carbocycles. The molecule has 3 rings (SSSR count). The van der Waals surface area contributed by atoms with Crippen molar-refractivity contribution in [2.45, 2.75) is 13.0 Å². The van der Waals surface area contributed by atoms with Gasteiger partial charge in [0.05, 0.1) is 23.9 Å². The number of aliphatic hydroxyl groups is 1. The lowest BCUT2D eigenvalue weighted by Crippen LogP contribution is -2.00. The Morgan fingerprint density at radius 1 is 1.14 bits per heavy atom. The fourth-order valence-corrected chi connectivity index (χ4v) is 2.58. The monoisotopic (exact) mass is 292 g/mol. The molecule has 0 spiro atoms. The first-order valence-electron chi connectivity index (χ1n) is 6.86. The summed E-state index contributed by atoms with van der Waals surface area (Å²) in [6, 6.07) is 13.1. The number of nitriles is 1. The number of aliphatic hydroxyl groups excluding tert-OH is 1. The molecule has 0 saturated heterocycles. The second-order valence-corrected chi connectivity index (χ2v) is 5.15. The van der Waals surface area contributed by atoms with E-state index in [2.05, 4.69) is 11.1 Å². The molecule has 3 aromatic rings. The molecule has 0 unspecified atom stereocenters. The Morgan fingerprint density at radius 2 is 1.86 bits per heavy atom. The number of fused-ring (bicyclic) bond motifs is 1. The fourth-order valence-electron chi connectivity index (χ4n) is 2.58. The van der Waals surface area contributed by atoms with Crippen molar-refractivity contribution in [3.8, 4) is 17.2 Å². The van der Waals surface area contributed by atoms with Crippen molar-refractivity contribution in [1.82, 2.24) is 4.98 Å². The molecule has 2 aromatic carbocycles. The summed E-state index contributed by atoms with van der Waals surface area (Å²) in [5.74, 6) is -0.521. The largest absolute Gasteiger partial charge is 0.389 e. The summed E-state index contributed by atoms with van der Waals surface area (Å²) in [5.41, 5.74) is 2.18. The molecule has 0 radical (unpaired) electrons. The molecule has 4 heteroatoms. The number of nitrogens with zero attached hydrogens (tertiary/aromatic N) is 2. The highest BCUT2D eigenvalue weighted by Crippen LogP contribution is 2.31. The van der Waals surface area contributed by atoms with Gasteiger partial charge >= 0.3 is 0 Å².